The Morgan fingerprint density at radius 2 is 1.91 bits per heavy atom. The number of hydrogen-bond donors (Lipinski definition) is 1. The first-order valence-corrected chi connectivity index (χ1v) is 12.6. The van der Waals surface area contributed by atoms with Gasteiger partial charge in [-0.3, -0.25) is 4.79 Å². The Morgan fingerprint density at radius 1 is 1.18 bits per heavy atom. The minimum Gasteiger partial charge on any atom is -0.431 e. The van der Waals surface area contributed by atoms with E-state index < -0.39 is 10.0 Å². The minimum absolute atomic E-state index is 0.0171. The standard InChI is InChI=1S/C22H22FN3O5S2/c1-15-2-7-18(33(28,29)26-8-10-30-11-9-26)12-19(15)25-21(27)14-32-22-24-13-20(31-22)16-3-5-17(23)6-4-16/h2-7,12-13H,8-11,14H2,1H3,(H,25,27). The molecule has 0 unspecified atom stereocenters. The highest BCUT2D eigenvalue weighted by Crippen LogP contribution is 2.27. The van der Waals surface area contributed by atoms with Gasteiger partial charge in [-0.05, 0) is 48.9 Å². The van der Waals surface area contributed by atoms with E-state index in [1.165, 1.54) is 34.8 Å². The van der Waals surface area contributed by atoms with Crippen LogP contribution in [0, 0.1) is 12.7 Å². The molecule has 0 atom stereocenters. The van der Waals surface area contributed by atoms with Gasteiger partial charge in [0.05, 0.1) is 30.1 Å². The minimum atomic E-state index is -3.67. The van der Waals surface area contributed by atoms with Crippen molar-refractivity contribution in [1.29, 1.82) is 0 Å². The number of nitrogens with one attached hydrogen (secondary N) is 1. The fourth-order valence-corrected chi connectivity index (χ4v) is 5.26. The molecule has 2 aromatic carbocycles. The SMILES string of the molecule is Cc1ccc(S(=O)(=O)N2CCOCC2)cc1NC(=O)CSc1ncc(-c2ccc(F)cc2)o1. The number of oxazole rings is 1. The summed E-state index contributed by atoms with van der Waals surface area (Å²) in [5.41, 5.74) is 1.84. The number of carbonyl (C=O) groups excluding carboxylic acids is 1. The van der Waals surface area contributed by atoms with Crippen LogP contribution in [-0.2, 0) is 19.6 Å². The van der Waals surface area contributed by atoms with E-state index in [1.54, 1.807) is 25.1 Å². The summed E-state index contributed by atoms with van der Waals surface area (Å²) in [4.78, 5) is 16.8. The molecule has 1 aromatic heterocycles. The van der Waals surface area contributed by atoms with E-state index in [2.05, 4.69) is 10.3 Å². The van der Waals surface area contributed by atoms with Crippen LogP contribution in [0.15, 0.2) is 63.2 Å². The molecule has 1 saturated heterocycles. The molecule has 1 amide bonds. The number of amides is 1. The van der Waals surface area contributed by atoms with Crippen LogP contribution >= 0.6 is 11.8 Å². The van der Waals surface area contributed by atoms with Gasteiger partial charge in [-0.15, -0.1) is 0 Å². The monoisotopic (exact) mass is 491 g/mol. The summed E-state index contributed by atoms with van der Waals surface area (Å²) < 4.78 is 51.1. The number of sulfonamides is 1. The summed E-state index contributed by atoms with van der Waals surface area (Å²) >= 11 is 1.10. The maximum Gasteiger partial charge on any atom is 0.256 e. The first kappa shape index (κ1) is 23.4. The Kier molecular flexibility index (Phi) is 7.13. The second-order valence-electron chi connectivity index (χ2n) is 7.33. The van der Waals surface area contributed by atoms with Crippen molar-refractivity contribution in [3.05, 3.63) is 60.0 Å². The van der Waals surface area contributed by atoms with Crippen molar-refractivity contribution in [3.63, 3.8) is 0 Å². The van der Waals surface area contributed by atoms with Gasteiger partial charge in [-0.2, -0.15) is 4.31 Å². The Hall–Kier alpha value is -2.73. The quantitative estimate of drug-likeness (QED) is 0.505. The van der Waals surface area contributed by atoms with E-state index in [-0.39, 0.29) is 22.4 Å². The average molecular weight is 492 g/mol. The van der Waals surface area contributed by atoms with Gasteiger partial charge in [-0.1, -0.05) is 17.8 Å². The lowest BCUT2D eigenvalue weighted by atomic mass is 10.2. The van der Waals surface area contributed by atoms with Gasteiger partial charge >= 0.3 is 0 Å². The van der Waals surface area contributed by atoms with Crippen molar-refractivity contribution in [2.45, 2.75) is 17.0 Å². The van der Waals surface area contributed by atoms with Crippen LogP contribution in [0.25, 0.3) is 11.3 Å². The number of morpholine rings is 1. The number of anilines is 1. The van der Waals surface area contributed by atoms with Gasteiger partial charge in [-0.25, -0.2) is 17.8 Å². The van der Waals surface area contributed by atoms with E-state index >= 15 is 0 Å². The molecule has 8 nitrogen and oxygen atoms in total. The molecule has 0 saturated carbocycles. The first-order valence-electron chi connectivity index (χ1n) is 10.2. The molecule has 174 valence electrons. The molecule has 1 N–H and O–H groups in total. The lowest BCUT2D eigenvalue weighted by molar-refractivity contribution is -0.113. The summed E-state index contributed by atoms with van der Waals surface area (Å²) in [6.07, 6.45) is 1.51. The summed E-state index contributed by atoms with van der Waals surface area (Å²) in [5, 5.41) is 3.06. The maximum atomic E-state index is 13.1. The predicted octanol–water partition coefficient (Wildman–Crippen LogP) is 3.54. The topological polar surface area (TPSA) is 102 Å². The van der Waals surface area contributed by atoms with Gasteiger partial charge in [0.25, 0.3) is 5.22 Å². The van der Waals surface area contributed by atoms with Crippen molar-refractivity contribution in [2.75, 3.05) is 37.4 Å². The molecule has 1 fully saturated rings. The fraction of sp³-hybridized carbons (Fsp3) is 0.273. The third-order valence-corrected chi connectivity index (χ3v) is 7.77. The molecule has 4 rings (SSSR count). The highest BCUT2D eigenvalue weighted by atomic mass is 32.2. The number of thioether (sulfide) groups is 1. The number of carbonyl (C=O) groups is 1. The zero-order chi connectivity index (χ0) is 23.4. The van der Waals surface area contributed by atoms with E-state index in [0.29, 0.717) is 48.5 Å². The number of hydrogen-bond acceptors (Lipinski definition) is 7. The van der Waals surface area contributed by atoms with Gasteiger partial charge in [0, 0.05) is 24.3 Å². The average Bonchev–Trinajstić information content (AvgIpc) is 3.29. The Morgan fingerprint density at radius 3 is 2.64 bits per heavy atom. The Labute approximate surface area is 195 Å². The second-order valence-corrected chi connectivity index (χ2v) is 10.2. The number of rotatable bonds is 7. The summed E-state index contributed by atoms with van der Waals surface area (Å²) in [5.74, 6) is -0.189. The molecule has 33 heavy (non-hydrogen) atoms. The summed E-state index contributed by atoms with van der Waals surface area (Å²) in [7, 11) is -3.67. The lowest BCUT2D eigenvalue weighted by Crippen LogP contribution is -2.40. The molecular formula is C22H22FN3O5S2. The highest BCUT2D eigenvalue weighted by Gasteiger charge is 2.27. The summed E-state index contributed by atoms with van der Waals surface area (Å²) in [6.45, 7) is 3.09. The van der Waals surface area contributed by atoms with E-state index in [4.69, 9.17) is 9.15 Å². The third-order valence-electron chi connectivity index (χ3n) is 5.03. The van der Waals surface area contributed by atoms with Crippen LogP contribution in [0.1, 0.15) is 5.56 Å². The van der Waals surface area contributed by atoms with E-state index in [9.17, 15) is 17.6 Å². The number of ether oxygens (including phenoxy) is 1. The highest BCUT2D eigenvalue weighted by molar-refractivity contribution is 7.99. The normalized spacial score (nSPS) is 14.8. The lowest BCUT2D eigenvalue weighted by Gasteiger charge is -2.26. The maximum absolute atomic E-state index is 13.1. The van der Waals surface area contributed by atoms with Crippen LogP contribution in [0.5, 0.6) is 0 Å². The number of halogens is 1. The van der Waals surface area contributed by atoms with Crippen molar-refractivity contribution >= 4 is 33.4 Å². The molecule has 1 aliphatic rings. The van der Waals surface area contributed by atoms with Crippen LogP contribution in [0.2, 0.25) is 0 Å². The van der Waals surface area contributed by atoms with Gasteiger partial charge in [0.1, 0.15) is 5.82 Å². The van der Waals surface area contributed by atoms with Crippen molar-refractivity contribution in [2.24, 2.45) is 0 Å². The Balaban J connectivity index is 1.39. The van der Waals surface area contributed by atoms with Crippen molar-refractivity contribution in [3.8, 4) is 11.3 Å². The number of benzene rings is 2. The van der Waals surface area contributed by atoms with Crippen molar-refractivity contribution in [1.82, 2.24) is 9.29 Å². The first-order chi connectivity index (χ1) is 15.8. The molecule has 2 heterocycles. The smallest absolute Gasteiger partial charge is 0.256 e. The van der Waals surface area contributed by atoms with Crippen LogP contribution < -0.4 is 5.32 Å². The molecule has 0 radical (unpaired) electrons. The van der Waals surface area contributed by atoms with Crippen LogP contribution in [0.4, 0.5) is 10.1 Å². The third kappa shape index (κ3) is 5.61. The molecule has 1 aliphatic heterocycles. The molecule has 0 aliphatic carbocycles. The van der Waals surface area contributed by atoms with Gasteiger partial charge in [0.2, 0.25) is 15.9 Å². The molecule has 11 heteroatoms. The number of nitrogens with zero attached hydrogens (tertiary/aromatic N) is 2. The molecule has 3 aromatic rings. The van der Waals surface area contributed by atoms with Crippen LogP contribution in [0.3, 0.4) is 0 Å². The zero-order valence-corrected chi connectivity index (χ0v) is 19.4. The number of aromatic nitrogens is 1. The molecular weight excluding hydrogens is 469 g/mol. The van der Waals surface area contributed by atoms with Gasteiger partial charge < -0.3 is 14.5 Å². The fourth-order valence-electron chi connectivity index (χ4n) is 3.22. The van der Waals surface area contributed by atoms with Crippen LogP contribution in [-0.4, -0.2) is 55.7 Å². The molecule has 0 spiro atoms. The van der Waals surface area contributed by atoms with Gasteiger partial charge in [0.15, 0.2) is 5.76 Å². The van der Waals surface area contributed by atoms with E-state index in [1.807, 2.05) is 0 Å². The largest absolute Gasteiger partial charge is 0.431 e. The number of aryl methyl sites for hydroxylation is 1. The summed E-state index contributed by atoms with van der Waals surface area (Å²) in [6, 6.07) is 10.5. The van der Waals surface area contributed by atoms with E-state index in [0.717, 1.165) is 17.3 Å². The second kappa shape index (κ2) is 10.0. The Bertz CT molecular complexity index is 1240. The zero-order valence-electron chi connectivity index (χ0n) is 17.8. The predicted molar refractivity (Wildman–Crippen MR) is 122 cm³/mol. The molecule has 0 bridgehead atoms. The van der Waals surface area contributed by atoms with Crippen molar-refractivity contribution < 1.29 is 26.8 Å².